The van der Waals surface area contributed by atoms with E-state index in [1.807, 2.05) is 19.1 Å². The number of benzene rings is 1. The van der Waals surface area contributed by atoms with E-state index < -0.39 is 24.0 Å². The predicted molar refractivity (Wildman–Crippen MR) is 156 cm³/mol. The van der Waals surface area contributed by atoms with Crippen molar-refractivity contribution in [2.75, 3.05) is 19.7 Å². The Balaban J connectivity index is 1.09. The number of pyridine rings is 1. The Bertz CT molecular complexity index is 1490. The molecule has 6 rings (SSSR count). The minimum atomic E-state index is -0.560. The van der Waals surface area contributed by atoms with Crippen LogP contribution < -0.4 is 15.4 Å². The molecule has 1 saturated carbocycles. The van der Waals surface area contributed by atoms with Crippen molar-refractivity contribution in [1.29, 1.82) is 0 Å². The number of cyclic esters (lactones) is 1. The summed E-state index contributed by atoms with van der Waals surface area (Å²) >= 11 is 0. The van der Waals surface area contributed by atoms with Crippen LogP contribution in [0.25, 0.3) is 0 Å². The number of carbonyl (C=O) groups excluding carboxylic acids is 4. The van der Waals surface area contributed by atoms with E-state index in [9.17, 15) is 19.2 Å². The first-order valence-corrected chi connectivity index (χ1v) is 15.0. The Kier molecular flexibility index (Phi) is 8.58. The molecular weight excluding hydrogens is 566 g/mol. The van der Waals surface area contributed by atoms with Gasteiger partial charge in [-0.1, -0.05) is 24.3 Å². The van der Waals surface area contributed by atoms with E-state index in [1.54, 1.807) is 17.0 Å². The van der Waals surface area contributed by atoms with Crippen LogP contribution in [-0.2, 0) is 14.3 Å². The molecule has 44 heavy (non-hydrogen) atoms. The van der Waals surface area contributed by atoms with Gasteiger partial charge in [-0.2, -0.15) is 0 Å². The lowest BCUT2D eigenvalue weighted by atomic mass is 10.00. The largest absolute Gasteiger partial charge is 0.482 e. The topological polar surface area (TPSA) is 153 Å². The fourth-order valence-electron chi connectivity index (χ4n) is 5.73. The van der Waals surface area contributed by atoms with Gasteiger partial charge in [-0.05, 0) is 61.8 Å². The first-order valence-electron chi connectivity index (χ1n) is 15.0. The molecule has 2 N–H and O–H groups in total. The van der Waals surface area contributed by atoms with Gasteiger partial charge in [0.2, 0.25) is 5.91 Å². The Morgan fingerprint density at radius 2 is 1.86 bits per heavy atom. The average molecular weight is 602 g/mol. The summed E-state index contributed by atoms with van der Waals surface area (Å²) in [5, 5.41) is 5.88. The van der Waals surface area contributed by atoms with Crippen LogP contribution in [-0.4, -0.2) is 70.3 Å². The molecule has 3 amide bonds. The van der Waals surface area contributed by atoms with E-state index in [4.69, 9.17) is 13.9 Å². The molecule has 2 aliphatic heterocycles. The smallest absolute Gasteiger partial charge is 0.307 e. The van der Waals surface area contributed by atoms with Gasteiger partial charge in [-0.15, -0.1) is 0 Å². The standard InChI is InChI=1S/C32H35N5O7/c1-19(35-30(40)31-33-12-14-42-31)28(22-8-6-21(7-9-22)20-4-5-20)44-25-10-11-26(34-16-25)29(39)36-24-3-2-13-37(17-24)32(41)23-15-27(38)43-18-23/h6-12,14,16,19-20,23-24,28H,2-5,13,15,17-18H2,1H3,(H,35,40)(H,36,39)/t19-,23+,24-,28-/m0/s1. The maximum absolute atomic E-state index is 13.0. The fraction of sp³-hybridized carbons (Fsp3) is 0.438. The normalized spacial score (nSPS) is 21.2. The summed E-state index contributed by atoms with van der Waals surface area (Å²) in [6, 6.07) is 10.8. The summed E-state index contributed by atoms with van der Waals surface area (Å²) in [4.78, 5) is 59.9. The highest BCUT2D eigenvalue weighted by Gasteiger charge is 2.35. The molecule has 4 atom stereocenters. The number of rotatable bonds is 10. The highest BCUT2D eigenvalue weighted by molar-refractivity contribution is 5.92. The van der Waals surface area contributed by atoms with Crippen LogP contribution in [0, 0.1) is 5.92 Å². The van der Waals surface area contributed by atoms with Crippen LogP contribution in [0.15, 0.2) is 59.5 Å². The molecule has 3 aromatic rings. The molecule has 2 aromatic heterocycles. The van der Waals surface area contributed by atoms with Crippen LogP contribution in [0.2, 0.25) is 0 Å². The number of hydrogen-bond acceptors (Lipinski definition) is 9. The van der Waals surface area contributed by atoms with Crippen molar-refractivity contribution >= 4 is 23.7 Å². The number of likely N-dealkylation sites (tertiary alicyclic amines) is 1. The molecule has 230 valence electrons. The Morgan fingerprint density at radius 1 is 1.05 bits per heavy atom. The zero-order valence-corrected chi connectivity index (χ0v) is 24.4. The van der Waals surface area contributed by atoms with Crippen LogP contribution >= 0.6 is 0 Å². The number of hydrogen-bond donors (Lipinski definition) is 2. The van der Waals surface area contributed by atoms with Crippen LogP contribution in [0.1, 0.15) is 83.4 Å². The van der Waals surface area contributed by atoms with Gasteiger partial charge in [0.05, 0.1) is 30.8 Å². The monoisotopic (exact) mass is 601 g/mol. The Morgan fingerprint density at radius 3 is 2.52 bits per heavy atom. The minimum absolute atomic E-state index is 0.0372. The van der Waals surface area contributed by atoms with Gasteiger partial charge in [0, 0.05) is 19.1 Å². The number of oxazole rings is 1. The lowest BCUT2D eigenvalue weighted by Crippen LogP contribution is -2.51. The predicted octanol–water partition coefficient (Wildman–Crippen LogP) is 3.17. The van der Waals surface area contributed by atoms with Crippen LogP contribution in [0.3, 0.4) is 0 Å². The number of nitrogens with zero attached hydrogens (tertiary/aromatic N) is 3. The van der Waals surface area contributed by atoms with Gasteiger partial charge >= 0.3 is 11.9 Å². The van der Waals surface area contributed by atoms with Crippen LogP contribution in [0.4, 0.5) is 0 Å². The first kappa shape index (κ1) is 29.3. The van der Waals surface area contributed by atoms with E-state index in [0.29, 0.717) is 24.8 Å². The summed E-state index contributed by atoms with van der Waals surface area (Å²) in [7, 11) is 0. The molecule has 0 bridgehead atoms. The zero-order chi connectivity index (χ0) is 30.6. The lowest BCUT2D eigenvalue weighted by molar-refractivity contribution is -0.138. The molecule has 0 spiro atoms. The second-order valence-corrected chi connectivity index (χ2v) is 11.6. The number of carbonyl (C=O) groups is 4. The Labute approximate surface area is 254 Å². The van der Waals surface area contributed by atoms with Gasteiger partial charge in [0.1, 0.15) is 30.4 Å². The fourth-order valence-corrected chi connectivity index (χ4v) is 5.73. The number of amides is 3. The second kappa shape index (κ2) is 12.9. The molecule has 1 aliphatic carbocycles. The highest BCUT2D eigenvalue weighted by atomic mass is 16.5. The maximum Gasteiger partial charge on any atom is 0.307 e. The van der Waals surface area contributed by atoms with Gasteiger partial charge in [-0.3, -0.25) is 19.2 Å². The van der Waals surface area contributed by atoms with Gasteiger partial charge in [0.25, 0.3) is 11.8 Å². The first-order chi connectivity index (χ1) is 21.3. The molecule has 12 heteroatoms. The molecule has 2 saturated heterocycles. The number of aromatic nitrogens is 2. The number of nitrogens with one attached hydrogen (secondary N) is 2. The summed E-state index contributed by atoms with van der Waals surface area (Å²) in [6.07, 6.45) is 7.64. The van der Waals surface area contributed by atoms with Crippen molar-refractivity contribution in [3.63, 3.8) is 0 Å². The summed E-state index contributed by atoms with van der Waals surface area (Å²) < 4.78 is 16.4. The summed E-state index contributed by atoms with van der Waals surface area (Å²) in [5.74, 6) is -0.730. The van der Waals surface area contributed by atoms with Crippen molar-refractivity contribution in [2.45, 2.75) is 63.1 Å². The van der Waals surface area contributed by atoms with E-state index >= 15 is 0 Å². The summed E-state index contributed by atoms with van der Waals surface area (Å²) in [5.41, 5.74) is 2.38. The SMILES string of the molecule is C[C@H](NC(=O)c1ncco1)[C@H](Oc1ccc(C(=O)N[C@H]2CCCN(C(=O)[C@H]3COC(=O)C3)C2)nc1)c1ccc(C2CC2)cc1. The third kappa shape index (κ3) is 6.90. The highest BCUT2D eigenvalue weighted by Crippen LogP contribution is 2.40. The number of ether oxygens (including phenoxy) is 2. The quantitative estimate of drug-likeness (QED) is 0.334. The number of esters is 1. The molecular formula is C32H35N5O7. The molecule has 12 nitrogen and oxygen atoms in total. The van der Waals surface area contributed by atoms with Gasteiger partial charge < -0.3 is 29.4 Å². The maximum atomic E-state index is 13.0. The molecule has 0 unspecified atom stereocenters. The van der Waals surface area contributed by atoms with E-state index in [2.05, 4.69) is 32.7 Å². The molecule has 4 heterocycles. The van der Waals surface area contributed by atoms with Crippen molar-refractivity contribution in [2.24, 2.45) is 5.92 Å². The average Bonchev–Trinajstić information content (AvgIpc) is 3.55. The third-order valence-corrected chi connectivity index (χ3v) is 8.26. The second-order valence-electron chi connectivity index (χ2n) is 11.6. The molecule has 0 radical (unpaired) electrons. The van der Waals surface area contributed by atoms with E-state index in [0.717, 1.165) is 18.4 Å². The van der Waals surface area contributed by atoms with Crippen LogP contribution in [0.5, 0.6) is 5.75 Å². The van der Waals surface area contributed by atoms with Crippen molar-refractivity contribution in [3.05, 3.63) is 77.8 Å². The van der Waals surface area contributed by atoms with E-state index in [1.165, 1.54) is 37.1 Å². The molecule has 3 fully saturated rings. The number of piperidine rings is 1. The van der Waals surface area contributed by atoms with Gasteiger partial charge in [-0.25, -0.2) is 9.97 Å². The van der Waals surface area contributed by atoms with Crippen molar-refractivity contribution < 1.29 is 33.1 Å². The lowest BCUT2D eigenvalue weighted by Gasteiger charge is -2.34. The van der Waals surface area contributed by atoms with Crippen molar-refractivity contribution in [3.8, 4) is 5.75 Å². The Hall–Kier alpha value is -4.74. The minimum Gasteiger partial charge on any atom is -0.482 e. The third-order valence-electron chi connectivity index (χ3n) is 8.26. The summed E-state index contributed by atoms with van der Waals surface area (Å²) in [6.45, 7) is 2.91. The van der Waals surface area contributed by atoms with Gasteiger partial charge in [0.15, 0.2) is 0 Å². The van der Waals surface area contributed by atoms with Crippen molar-refractivity contribution in [1.82, 2.24) is 25.5 Å². The van der Waals surface area contributed by atoms with E-state index in [-0.39, 0.29) is 48.4 Å². The molecule has 1 aromatic carbocycles. The molecule has 3 aliphatic rings. The zero-order valence-electron chi connectivity index (χ0n) is 24.4.